The zero-order chi connectivity index (χ0) is 23.8. The third-order valence-electron chi connectivity index (χ3n) is 4.70. The van der Waals surface area contributed by atoms with Crippen molar-refractivity contribution in [1.29, 1.82) is 0 Å². The van der Waals surface area contributed by atoms with Crippen molar-refractivity contribution in [2.45, 2.75) is 26.7 Å². The van der Waals surface area contributed by atoms with Gasteiger partial charge in [-0.3, -0.25) is 4.79 Å². The van der Waals surface area contributed by atoms with Gasteiger partial charge < -0.3 is 9.47 Å². The first-order chi connectivity index (χ1) is 15.8. The standard InChI is InChI=1S/C26H25ClN2O4/c1-17(2)23-12-7-18(3)13-24(23)32-16-25(30)29-28-15-19-5-4-6-22(14-19)33-26(31)20-8-10-21(27)11-9-20/h4-15,17H,16H2,1-3H3,(H,29,30). The lowest BCUT2D eigenvalue weighted by Gasteiger charge is -2.14. The highest BCUT2D eigenvalue weighted by atomic mass is 35.5. The van der Waals surface area contributed by atoms with E-state index in [0.717, 1.165) is 11.1 Å². The van der Waals surface area contributed by atoms with Crippen molar-refractivity contribution in [3.05, 3.63) is 94.0 Å². The van der Waals surface area contributed by atoms with Gasteiger partial charge >= 0.3 is 5.97 Å². The quantitative estimate of drug-likeness (QED) is 0.206. The van der Waals surface area contributed by atoms with Gasteiger partial charge in [0.25, 0.3) is 5.91 Å². The number of nitrogens with one attached hydrogen (secondary N) is 1. The zero-order valence-corrected chi connectivity index (χ0v) is 19.4. The van der Waals surface area contributed by atoms with E-state index in [1.165, 1.54) is 6.21 Å². The molecule has 33 heavy (non-hydrogen) atoms. The predicted molar refractivity (Wildman–Crippen MR) is 129 cm³/mol. The van der Waals surface area contributed by atoms with E-state index in [2.05, 4.69) is 24.4 Å². The summed E-state index contributed by atoms with van der Waals surface area (Å²) >= 11 is 5.84. The van der Waals surface area contributed by atoms with E-state index in [1.807, 2.05) is 25.1 Å². The van der Waals surface area contributed by atoms with Crippen LogP contribution >= 0.6 is 11.6 Å². The average Bonchev–Trinajstić information content (AvgIpc) is 2.78. The molecule has 0 heterocycles. The summed E-state index contributed by atoms with van der Waals surface area (Å²) in [5, 5.41) is 4.50. The first-order valence-electron chi connectivity index (χ1n) is 10.4. The summed E-state index contributed by atoms with van der Waals surface area (Å²) in [6.07, 6.45) is 1.46. The van der Waals surface area contributed by atoms with Gasteiger partial charge in [-0.2, -0.15) is 5.10 Å². The van der Waals surface area contributed by atoms with Crippen LogP contribution in [0.3, 0.4) is 0 Å². The van der Waals surface area contributed by atoms with Crippen LogP contribution in [0.1, 0.15) is 46.8 Å². The maximum atomic E-state index is 12.2. The first-order valence-corrected chi connectivity index (χ1v) is 10.8. The Bertz CT molecular complexity index is 1160. The Balaban J connectivity index is 1.54. The minimum atomic E-state index is -0.497. The van der Waals surface area contributed by atoms with Crippen LogP contribution in [-0.4, -0.2) is 24.7 Å². The fraction of sp³-hybridized carbons (Fsp3) is 0.192. The van der Waals surface area contributed by atoms with Crippen LogP contribution in [0.15, 0.2) is 71.8 Å². The second kappa shape index (κ2) is 11.3. The van der Waals surface area contributed by atoms with Crippen LogP contribution in [0.2, 0.25) is 5.02 Å². The van der Waals surface area contributed by atoms with E-state index in [4.69, 9.17) is 21.1 Å². The van der Waals surface area contributed by atoms with Gasteiger partial charge in [-0.1, -0.05) is 49.7 Å². The third kappa shape index (κ3) is 7.19. The summed E-state index contributed by atoms with van der Waals surface area (Å²) in [5.74, 6) is 0.451. The molecule has 0 fully saturated rings. The topological polar surface area (TPSA) is 77.0 Å². The molecule has 0 spiro atoms. The fourth-order valence-corrected chi connectivity index (χ4v) is 3.13. The molecule has 3 aromatic carbocycles. The Morgan fingerprint density at radius 3 is 2.55 bits per heavy atom. The average molecular weight is 465 g/mol. The largest absolute Gasteiger partial charge is 0.483 e. The summed E-state index contributed by atoms with van der Waals surface area (Å²) < 4.78 is 11.1. The molecule has 0 atom stereocenters. The fourth-order valence-electron chi connectivity index (χ4n) is 3.01. The lowest BCUT2D eigenvalue weighted by molar-refractivity contribution is -0.123. The highest BCUT2D eigenvalue weighted by Gasteiger charge is 2.11. The lowest BCUT2D eigenvalue weighted by Crippen LogP contribution is -2.25. The van der Waals surface area contributed by atoms with Gasteiger partial charge in [0.15, 0.2) is 6.61 Å². The second-order valence-electron chi connectivity index (χ2n) is 7.75. The van der Waals surface area contributed by atoms with Crippen LogP contribution in [0.5, 0.6) is 11.5 Å². The molecule has 0 saturated heterocycles. The molecule has 0 aliphatic rings. The van der Waals surface area contributed by atoms with Crippen LogP contribution in [0.4, 0.5) is 0 Å². The Morgan fingerprint density at radius 1 is 1.06 bits per heavy atom. The van der Waals surface area contributed by atoms with Crippen molar-refractivity contribution < 1.29 is 19.1 Å². The number of hydrogen-bond acceptors (Lipinski definition) is 5. The number of carbonyl (C=O) groups excluding carboxylic acids is 2. The van der Waals surface area contributed by atoms with Gasteiger partial charge in [-0.15, -0.1) is 0 Å². The van der Waals surface area contributed by atoms with Gasteiger partial charge in [-0.05, 0) is 72.0 Å². The summed E-state index contributed by atoms with van der Waals surface area (Å²) in [7, 11) is 0. The second-order valence-corrected chi connectivity index (χ2v) is 8.18. The number of esters is 1. The number of nitrogens with zero attached hydrogens (tertiary/aromatic N) is 1. The molecular weight excluding hydrogens is 440 g/mol. The summed E-state index contributed by atoms with van der Waals surface area (Å²) in [5.41, 5.74) is 5.58. The molecule has 0 aliphatic carbocycles. The third-order valence-corrected chi connectivity index (χ3v) is 4.95. The number of halogens is 1. The lowest BCUT2D eigenvalue weighted by atomic mass is 10.0. The van der Waals surface area contributed by atoms with E-state index >= 15 is 0 Å². The Labute approximate surface area is 198 Å². The number of amides is 1. The van der Waals surface area contributed by atoms with Crippen molar-refractivity contribution in [2.75, 3.05) is 6.61 Å². The molecule has 3 aromatic rings. The summed E-state index contributed by atoms with van der Waals surface area (Å²) in [6, 6.07) is 19.2. The number of hydrogen-bond donors (Lipinski definition) is 1. The van der Waals surface area contributed by atoms with Crippen LogP contribution in [0.25, 0.3) is 0 Å². The van der Waals surface area contributed by atoms with Gasteiger partial charge in [0, 0.05) is 5.02 Å². The summed E-state index contributed by atoms with van der Waals surface area (Å²) in [6.45, 7) is 5.97. The monoisotopic (exact) mass is 464 g/mol. The molecule has 0 unspecified atom stereocenters. The first kappa shape index (κ1) is 24.0. The van der Waals surface area contributed by atoms with Crippen molar-refractivity contribution in [3.63, 3.8) is 0 Å². The van der Waals surface area contributed by atoms with E-state index in [1.54, 1.807) is 48.5 Å². The van der Waals surface area contributed by atoms with Gasteiger partial charge in [0.05, 0.1) is 11.8 Å². The van der Waals surface area contributed by atoms with E-state index in [0.29, 0.717) is 27.6 Å². The van der Waals surface area contributed by atoms with Crippen LogP contribution in [-0.2, 0) is 4.79 Å². The molecule has 170 valence electrons. The number of rotatable bonds is 8. The zero-order valence-electron chi connectivity index (χ0n) is 18.7. The highest BCUT2D eigenvalue weighted by molar-refractivity contribution is 6.30. The highest BCUT2D eigenvalue weighted by Crippen LogP contribution is 2.27. The Morgan fingerprint density at radius 2 is 1.82 bits per heavy atom. The molecule has 0 aromatic heterocycles. The van der Waals surface area contributed by atoms with Crippen molar-refractivity contribution in [1.82, 2.24) is 5.43 Å². The molecular formula is C26H25ClN2O4. The number of ether oxygens (including phenoxy) is 2. The number of aryl methyl sites for hydroxylation is 1. The van der Waals surface area contributed by atoms with Crippen LogP contribution in [0, 0.1) is 6.92 Å². The Kier molecular flexibility index (Phi) is 8.22. The maximum absolute atomic E-state index is 12.2. The summed E-state index contributed by atoms with van der Waals surface area (Å²) in [4.78, 5) is 24.4. The van der Waals surface area contributed by atoms with E-state index in [-0.39, 0.29) is 18.4 Å². The molecule has 7 heteroatoms. The van der Waals surface area contributed by atoms with Crippen LogP contribution < -0.4 is 14.9 Å². The molecule has 3 rings (SSSR count). The molecule has 0 radical (unpaired) electrons. The molecule has 6 nitrogen and oxygen atoms in total. The van der Waals surface area contributed by atoms with Gasteiger partial charge in [-0.25, -0.2) is 10.2 Å². The molecule has 0 saturated carbocycles. The van der Waals surface area contributed by atoms with Crippen molar-refractivity contribution >= 4 is 29.7 Å². The number of benzene rings is 3. The normalized spacial score (nSPS) is 10.9. The predicted octanol–water partition coefficient (Wildman–Crippen LogP) is 5.52. The van der Waals surface area contributed by atoms with Crippen molar-refractivity contribution in [3.8, 4) is 11.5 Å². The van der Waals surface area contributed by atoms with E-state index < -0.39 is 5.97 Å². The maximum Gasteiger partial charge on any atom is 0.343 e. The van der Waals surface area contributed by atoms with E-state index in [9.17, 15) is 9.59 Å². The SMILES string of the molecule is Cc1ccc(C(C)C)c(OCC(=O)NN=Cc2cccc(OC(=O)c3ccc(Cl)cc3)c2)c1. The minimum Gasteiger partial charge on any atom is -0.483 e. The van der Waals surface area contributed by atoms with Crippen molar-refractivity contribution in [2.24, 2.45) is 5.10 Å². The molecule has 1 N–H and O–H groups in total. The molecule has 0 bridgehead atoms. The Hall–Kier alpha value is -3.64. The minimum absolute atomic E-state index is 0.154. The number of carbonyl (C=O) groups is 2. The van der Waals surface area contributed by atoms with Gasteiger partial charge in [0.2, 0.25) is 0 Å². The molecule has 1 amide bonds. The molecule has 0 aliphatic heterocycles. The smallest absolute Gasteiger partial charge is 0.343 e. The van der Waals surface area contributed by atoms with Gasteiger partial charge in [0.1, 0.15) is 11.5 Å². The number of hydrazone groups is 1.